The molecule has 8 nitrogen and oxygen atoms in total. The van der Waals surface area contributed by atoms with E-state index in [1.165, 1.54) is 6.34 Å². The van der Waals surface area contributed by atoms with Gasteiger partial charge in [-0.2, -0.15) is 18.3 Å². The number of hydrogen-bond acceptors (Lipinski definition) is 5. The van der Waals surface area contributed by atoms with Gasteiger partial charge < -0.3 is 16.0 Å². The van der Waals surface area contributed by atoms with E-state index < -0.39 is 35.5 Å². The van der Waals surface area contributed by atoms with Gasteiger partial charge in [0.2, 0.25) is 5.91 Å². The number of halogens is 5. The number of anilines is 1. The Morgan fingerprint density at radius 2 is 2.11 bits per heavy atom. The monoisotopic (exact) mass is 604 g/mol. The summed E-state index contributed by atoms with van der Waals surface area (Å²) in [6.45, 7) is 6.63. The van der Waals surface area contributed by atoms with E-state index in [9.17, 15) is 22.8 Å². The minimum Gasteiger partial charge on any atom is -0.349 e. The largest absolute Gasteiger partial charge is 0.416 e. The summed E-state index contributed by atoms with van der Waals surface area (Å²) in [7, 11) is 0. The van der Waals surface area contributed by atoms with Crippen LogP contribution in [0.3, 0.4) is 0 Å². The Labute approximate surface area is 226 Å². The van der Waals surface area contributed by atoms with Crippen LogP contribution in [-0.4, -0.2) is 55.0 Å². The lowest BCUT2D eigenvalue weighted by Crippen LogP contribution is -2.39. The molecule has 0 aromatic heterocycles. The lowest BCUT2D eigenvalue weighted by Gasteiger charge is -2.32. The van der Waals surface area contributed by atoms with Crippen LogP contribution < -0.4 is 16.0 Å². The zero-order valence-corrected chi connectivity index (χ0v) is 22.6. The third kappa shape index (κ3) is 6.91. The second-order valence-corrected chi connectivity index (χ2v) is 10.0. The molecule has 37 heavy (non-hydrogen) atoms. The van der Waals surface area contributed by atoms with Crippen molar-refractivity contribution in [3.63, 3.8) is 0 Å². The van der Waals surface area contributed by atoms with Crippen LogP contribution >= 0.6 is 27.5 Å². The molecule has 0 saturated carbocycles. The molecule has 1 heterocycles. The number of alkyl halides is 4. The molecule has 1 aliphatic carbocycles. The van der Waals surface area contributed by atoms with Crippen LogP contribution in [0.4, 0.5) is 18.9 Å². The smallest absolute Gasteiger partial charge is 0.349 e. The number of hydrogen-bond donors (Lipinski definition) is 3. The first-order valence-corrected chi connectivity index (χ1v) is 13.2. The topological polar surface area (TPSA) is 98.2 Å². The summed E-state index contributed by atoms with van der Waals surface area (Å²) in [5.74, 6) is -1.09. The van der Waals surface area contributed by atoms with Gasteiger partial charge in [-0.1, -0.05) is 34.5 Å². The predicted molar refractivity (Wildman–Crippen MR) is 142 cm³/mol. The first kappa shape index (κ1) is 29.1. The van der Waals surface area contributed by atoms with Crippen molar-refractivity contribution in [2.24, 2.45) is 21.4 Å². The van der Waals surface area contributed by atoms with E-state index in [0.29, 0.717) is 11.0 Å². The van der Waals surface area contributed by atoms with Gasteiger partial charge in [-0.3, -0.25) is 14.6 Å². The van der Waals surface area contributed by atoms with Crippen LogP contribution in [0.1, 0.15) is 38.2 Å². The molecular formula is C24H29BrClF3N6O2. The number of nitrogens with zero attached hydrogens (tertiary/aromatic N) is 3. The number of hydrazone groups is 1. The second-order valence-electron chi connectivity index (χ2n) is 9.10. The standard InChI is InChI=1S/C24H29BrClF3N6O2/c1-15-11-23(6-3-8-31-9-7-23)20(21(15)33-14-32-13-25)22(37)35(30-2)12-19(36)34-18-5-4-16(10-17(18)26)24(27,28)29/h4-5,10,14-15,31H,2-3,6-9,11-13H2,1H3,(H,32,33)(H,34,36). The van der Waals surface area contributed by atoms with Crippen LogP contribution in [0.5, 0.6) is 0 Å². The molecule has 0 radical (unpaired) electrons. The summed E-state index contributed by atoms with van der Waals surface area (Å²) in [5, 5.41) is 13.5. The van der Waals surface area contributed by atoms with Crippen LogP contribution in [0.2, 0.25) is 5.02 Å². The minimum atomic E-state index is -4.57. The van der Waals surface area contributed by atoms with Gasteiger partial charge in [0.1, 0.15) is 6.54 Å². The zero-order valence-electron chi connectivity index (χ0n) is 20.3. The van der Waals surface area contributed by atoms with Crippen molar-refractivity contribution in [2.45, 2.75) is 38.8 Å². The normalized spacial score (nSPS) is 22.3. The fourth-order valence-electron chi connectivity index (χ4n) is 5.05. The Hall–Kier alpha value is -2.44. The van der Waals surface area contributed by atoms with Gasteiger partial charge in [-0.05, 0) is 62.9 Å². The maximum Gasteiger partial charge on any atom is 0.416 e. The predicted octanol–water partition coefficient (Wildman–Crippen LogP) is 4.77. The van der Waals surface area contributed by atoms with E-state index in [1.54, 1.807) is 0 Å². The molecule has 2 amide bonds. The Morgan fingerprint density at radius 1 is 1.35 bits per heavy atom. The first-order valence-electron chi connectivity index (χ1n) is 11.7. The van der Waals surface area contributed by atoms with Gasteiger partial charge in [0.15, 0.2) is 0 Å². The van der Waals surface area contributed by atoms with Crippen LogP contribution in [0.25, 0.3) is 0 Å². The van der Waals surface area contributed by atoms with Gasteiger partial charge >= 0.3 is 6.18 Å². The summed E-state index contributed by atoms with van der Waals surface area (Å²) in [5.41, 5.74) is 0.334. The molecule has 2 atom stereocenters. The lowest BCUT2D eigenvalue weighted by molar-refractivity contribution is -0.137. The van der Waals surface area contributed by atoms with E-state index in [2.05, 4.69) is 48.7 Å². The van der Waals surface area contributed by atoms with Crippen LogP contribution in [-0.2, 0) is 15.8 Å². The molecular weight excluding hydrogens is 577 g/mol. The molecule has 1 aliphatic heterocycles. The highest BCUT2D eigenvalue weighted by atomic mass is 79.9. The highest BCUT2D eigenvalue weighted by Crippen LogP contribution is 2.51. The van der Waals surface area contributed by atoms with Crippen molar-refractivity contribution in [3.8, 4) is 0 Å². The summed E-state index contributed by atoms with van der Waals surface area (Å²) in [6.07, 6.45) is 0.164. The molecule has 1 saturated heterocycles. The second kappa shape index (κ2) is 12.4. The highest BCUT2D eigenvalue weighted by Gasteiger charge is 2.48. The fourth-order valence-corrected chi connectivity index (χ4v) is 5.42. The van der Waals surface area contributed by atoms with E-state index in [-0.39, 0.29) is 16.6 Å². The molecule has 2 unspecified atom stereocenters. The summed E-state index contributed by atoms with van der Waals surface area (Å²) in [6, 6.07) is 2.61. The van der Waals surface area contributed by atoms with Gasteiger partial charge in [-0.25, -0.2) is 5.01 Å². The number of benzene rings is 1. The molecule has 3 N–H and O–H groups in total. The van der Waals surface area contributed by atoms with E-state index in [0.717, 1.165) is 67.7 Å². The van der Waals surface area contributed by atoms with Gasteiger partial charge in [0.25, 0.3) is 5.91 Å². The molecule has 1 aromatic carbocycles. The molecule has 202 valence electrons. The van der Waals surface area contributed by atoms with Crippen molar-refractivity contribution < 1.29 is 22.8 Å². The number of rotatable bonds is 8. The third-order valence-corrected chi connectivity index (χ3v) is 7.24. The van der Waals surface area contributed by atoms with E-state index >= 15 is 0 Å². The van der Waals surface area contributed by atoms with Crippen molar-refractivity contribution in [3.05, 3.63) is 40.1 Å². The van der Waals surface area contributed by atoms with Crippen molar-refractivity contribution >= 4 is 58.1 Å². The van der Waals surface area contributed by atoms with Crippen molar-refractivity contribution in [1.29, 1.82) is 0 Å². The van der Waals surface area contributed by atoms with Gasteiger partial charge in [-0.15, -0.1) is 0 Å². The lowest BCUT2D eigenvalue weighted by atomic mass is 9.73. The average Bonchev–Trinajstić information content (AvgIpc) is 2.96. The molecule has 1 fully saturated rings. The zero-order chi connectivity index (χ0) is 27.2. The Kier molecular flexibility index (Phi) is 9.76. The Morgan fingerprint density at radius 3 is 2.76 bits per heavy atom. The highest BCUT2D eigenvalue weighted by molar-refractivity contribution is 9.09. The molecule has 1 spiro atoms. The Balaban J connectivity index is 1.85. The molecule has 3 rings (SSSR count). The average molecular weight is 606 g/mol. The molecule has 1 aromatic rings. The summed E-state index contributed by atoms with van der Waals surface area (Å²) in [4.78, 5) is 30.8. The number of carbonyl (C=O) groups is 2. The van der Waals surface area contributed by atoms with E-state index in [4.69, 9.17) is 11.6 Å². The number of nitrogens with one attached hydrogen (secondary N) is 3. The third-order valence-electron chi connectivity index (χ3n) is 6.64. The van der Waals surface area contributed by atoms with Crippen LogP contribution in [0, 0.1) is 11.3 Å². The number of amides is 2. The number of carbonyl (C=O) groups excluding carboxylic acids is 2. The van der Waals surface area contributed by atoms with Crippen LogP contribution in [0.15, 0.2) is 39.6 Å². The molecule has 0 bridgehead atoms. The van der Waals surface area contributed by atoms with Crippen molar-refractivity contribution in [1.82, 2.24) is 15.6 Å². The van der Waals surface area contributed by atoms with E-state index in [1.807, 2.05) is 6.92 Å². The maximum absolute atomic E-state index is 13.8. The first-order chi connectivity index (χ1) is 17.5. The quantitative estimate of drug-likeness (QED) is 0.131. The molecule has 13 heteroatoms. The number of allylic oxidation sites excluding steroid dienone is 1. The van der Waals surface area contributed by atoms with Gasteiger partial charge in [0.05, 0.1) is 28.1 Å². The number of aliphatic imine (C=N–C) groups is 1. The summed E-state index contributed by atoms with van der Waals surface area (Å²) < 4.78 is 38.8. The van der Waals surface area contributed by atoms with Gasteiger partial charge in [0, 0.05) is 23.4 Å². The minimum absolute atomic E-state index is 0.00974. The van der Waals surface area contributed by atoms with Crippen molar-refractivity contribution in [2.75, 3.05) is 30.4 Å². The fraction of sp³-hybridized carbons (Fsp3) is 0.500. The molecule has 2 aliphatic rings. The Bertz CT molecular complexity index is 1090. The SMILES string of the molecule is C=NN(CC(=O)Nc1ccc(C(F)(F)F)cc1Cl)C(=O)C1=C(N/C=N/CBr)C(C)CC12CCCNCC2. The maximum atomic E-state index is 13.8. The summed E-state index contributed by atoms with van der Waals surface area (Å²) >= 11 is 9.19.